The number of methoxy groups -OCH3 is 2. The first-order chi connectivity index (χ1) is 15.9. The molecule has 4 aromatic rings. The van der Waals surface area contributed by atoms with Gasteiger partial charge >= 0.3 is 0 Å². The van der Waals surface area contributed by atoms with Crippen molar-refractivity contribution in [2.24, 2.45) is 0 Å². The highest BCUT2D eigenvalue weighted by atomic mass is 35.5. The van der Waals surface area contributed by atoms with Gasteiger partial charge in [0.25, 0.3) is 0 Å². The maximum Gasteiger partial charge on any atom is 0.227 e. The van der Waals surface area contributed by atoms with Crippen molar-refractivity contribution in [1.82, 2.24) is 9.88 Å². The summed E-state index contributed by atoms with van der Waals surface area (Å²) < 4.78 is 29.8. The summed E-state index contributed by atoms with van der Waals surface area (Å²) in [6, 6.07) is 16.6. The fraction of sp³-hybridized carbons (Fsp3) is 0.200. The largest absolute Gasteiger partial charge is 0.493 e. The summed E-state index contributed by atoms with van der Waals surface area (Å²) in [5.41, 5.74) is 2.76. The van der Waals surface area contributed by atoms with E-state index in [9.17, 15) is 9.18 Å². The molecule has 0 N–H and O–H groups in total. The van der Waals surface area contributed by atoms with E-state index < -0.39 is 0 Å². The van der Waals surface area contributed by atoms with Crippen molar-refractivity contribution in [2.75, 3.05) is 14.2 Å². The van der Waals surface area contributed by atoms with Crippen LogP contribution >= 0.6 is 11.6 Å². The Hall–Kier alpha value is -3.58. The average Bonchev–Trinajstić information content (AvgIpc) is 3.21. The van der Waals surface area contributed by atoms with E-state index in [2.05, 4.69) is 4.98 Å². The molecular formula is C25H22ClFN2O4. The van der Waals surface area contributed by atoms with E-state index in [0.29, 0.717) is 33.5 Å². The van der Waals surface area contributed by atoms with E-state index in [1.54, 1.807) is 61.6 Å². The lowest BCUT2D eigenvalue weighted by Crippen LogP contribution is -2.31. The van der Waals surface area contributed by atoms with Crippen molar-refractivity contribution in [2.45, 2.75) is 19.5 Å². The van der Waals surface area contributed by atoms with E-state index in [1.807, 2.05) is 6.07 Å². The highest BCUT2D eigenvalue weighted by molar-refractivity contribution is 6.31. The number of benzene rings is 3. The van der Waals surface area contributed by atoms with Crippen molar-refractivity contribution in [3.05, 3.63) is 88.5 Å². The van der Waals surface area contributed by atoms with E-state index in [1.165, 1.54) is 12.1 Å². The predicted molar refractivity (Wildman–Crippen MR) is 123 cm³/mol. The Morgan fingerprint density at radius 2 is 1.70 bits per heavy atom. The van der Waals surface area contributed by atoms with Crippen molar-refractivity contribution in [3.63, 3.8) is 0 Å². The minimum Gasteiger partial charge on any atom is -0.493 e. The quantitative estimate of drug-likeness (QED) is 0.346. The number of carbonyl (C=O) groups is 1. The molecule has 0 aliphatic carbocycles. The third-order valence-electron chi connectivity index (χ3n) is 5.16. The summed E-state index contributed by atoms with van der Waals surface area (Å²) in [5.74, 6) is 1.03. The van der Waals surface area contributed by atoms with Crippen LogP contribution in [0, 0.1) is 5.82 Å². The third kappa shape index (κ3) is 5.43. The first kappa shape index (κ1) is 22.6. The van der Waals surface area contributed by atoms with Crippen molar-refractivity contribution in [1.29, 1.82) is 0 Å². The molecule has 1 heterocycles. The Balaban J connectivity index is 1.59. The molecule has 0 fully saturated rings. The number of nitrogens with zero attached hydrogens (tertiary/aromatic N) is 2. The van der Waals surface area contributed by atoms with Crippen LogP contribution in [0.25, 0.3) is 11.1 Å². The van der Waals surface area contributed by atoms with Gasteiger partial charge in [-0.15, -0.1) is 0 Å². The molecule has 0 aliphatic rings. The van der Waals surface area contributed by atoms with Gasteiger partial charge in [-0.1, -0.05) is 29.8 Å². The molecule has 170 valence electrons. The number of amides is 1. The topological polar surface area (TPSA) is 64.8 Å². The van der Waals surface area contributed by atoms with Gasteiger partial charge in [0.15, 0.2) is 17.1 Å². The molecule has 0 spiro atoms. The summed E-state index contributed by atoms with van der Waals surface area (Å²) in [6.07, 6.45) is 0.133. The normalized spacial score (nSPS) is 10.9. The van der Waals surface area contributed by atoms with Gasteiger partial charge in [0.1, 0.15) is 11.3 Å². The predicted octanol–water partition coefficient (Wildman–Crippen LogP) is 5.41. The maximum absolute atomic E-state index is 13.4. The van der Waals surface area contributed by atoms with Crippen molar-refractivity contribution < 1.29 is 23.1 Å². The minimum absolute atomic E-state index is 0.133. The van der Waals surface area contributed by atoms with E-state index in [4.69, 9.17) is 25.5 Å². The van der Waals surface area contributed by atoms with E-state index >= 15 is 0 Å². The Kier molecular flexibility index (Phi) is 6.79. The molecule has 3 aromatic carbocycles. The summed E-state index contributed by atoms with van der Waals surface area (Å²) in [6.45, 7) is 0.418. The van der Waals surface area contributed by atoms with Crippen LogP contribution < -0.4 is 9.47 Å². The molecule has 6 nitrogen and oxygen atoms in total. The zero-order chi connectivity index (χ0) is 23.4. The fourth-order valence-corrected chi connectivity index (χ4v) is 3.67. The fourth-order valence-electron chi connectivity index (χ4n) is 3.50. The number of hydrogen-bond donors (Lipinski definition) is 0. The zero-order valence-corrected chi connectivity index (χ0v) is 18.9. The highest BCUT2D eigenvalue weighted by Crippen LogP contribution is 2.28. The SMILES string of the molecule is COc1ccc(CC(=O)N(Cc2ccc(F)cc2)Cc2nc3cc(Cl)ccc3o2)cc1OC. The lowest BCUT2D eigenvalue weighted by molar-refractivity contribution is -0.132. The van der Waals surface area contributed by atoms with Gasteiger partial charge in [-0.3, -0.25) is 4.79 Å². The minimum atomic E-state index is -0.335. The first-order valence-corrected chi connectivity index (χ1v) is 10.6. The smallest absolute Gasteiger partial charge is 0.227 e. The molecule has 1 aromatic heterocycles. The molecule has 0 radical (unpaired) electrons. The molecule has 0 unspecified atom stereocenters. The van der Waals surface area contributed by atoms with Gasteiger partial charge in [-0.25, -0.2) is 9.37 Å². The molecule has 4 rings (SSSR count). The molecule has 33 heavy (non-hydrogen) atoms. The number of hydrogen-bond acceptors (Lipinski definition) is 5. The lowest BCUT2D eigenvalue weighted by atomic mass is 10.1. The van der Waals surface area contributed by atoms with Crippen LogP contribution in [0.15, 0.2) is 65.1 Å². The van der Waals surface area contributed by atoms with Gasteiger partial charge in [0.2, 0.25) is 11.8 Å². The number of fused-ring (bicyclic) bond motifs is 1. The zero-order valence-electron chi connectivity index (χ0n) is 18.2. The Morgan fingerprint density at radius 3 is 2.42 bits per heavy atom. The van der Waals surface area contributed by atoms with Crippen LogP contribution in [-0.4, -0.2) is 30.0 Å². The first-order valence-electron chi connectivity index (χ1n) is 10.2. The summed E-state index contributed by atoms with van der Waals surface area (Å²) in [5, 5.41) is 0.551. The number of aromatic nitrogens is 1. The lowest BCUT2D eigenvalue weighted by Gasteiger charge is -2.22. The van der Waals surface area contributed by atoms with Crippen LogP contribution in [0.2, 0.25) is 5.02 Å². The van der Waals surface area contributed by atoms with Gasteiger partial charge in [-0.05, 0) is 53.6 Å². The van der Waals surface area contributed by atoms with E-state index in [-0.39, 0.29) is 31.2 Å². The standard InChI is InChI=1S/C25H22ClFN2O4/c1-31-22-9-5-17(11-23(22)32-2)12-25(30)29(14-16-3-7-19(27)8-4-16)15-24-28-20-13-18(26)6-10-21(20)33-24/h3-11,13H,12,14-15H2,1-2H3. The van der Waals surface area contributed by atoms with E-state index in [0.717, 1.165) is 11.1 Å². The molecule has 0 atom stereocenters. The van der Waals surface area contributed by atoms with Crippen LogP contribution in [0.3, 0.4) is 0 Å². The van der Waals surface area contributed by atoms with Crippen LogP contribution in [0.1, 0.15) is 17.0 Å². The van der Waals surface area contributed by atoms with Gasteiger partial charge in [-0.2, -0.15) is 0 Å². The van der Waals surface area contributed by atoms with Crippen molar-refractivity contribution in [3.8, 4) is 11.5 Å². The van der Waals surface area contributed by atoms with Gasteiger partial charge < -0.3 is 18.8 Å². The molecular weight excluding hydrogens is 447 g/mol. The second-order valence-corrected chi connectivity index (χ2v) is 7.90. The Labute approximate surface area is 195 Å². The molecule has 0 saturated heterocycles. The molecule has 0 aliphatic heterocycles. The molecule has 8 heteroatoms. The Morgan fingerprint density at radius 1 is 0.970 bits per heavy atom. The molecule has 1 amide bonds. The summed E-state index contributed by atoms with van der Waals surface area (Å²) in [7, 11) is 3.10. The van der Waals surface area contributed by atoms with Gasteiger partial charge in [0, 0.05) is 11.6 Å². The summed E-state index contributed by atoms with van der Waals surface area (Å²) in [4.78, 5) is 19.4. The number of carbonyl (C=O) groups excluding carboxylic acids is 1. The third-order valence-corrected chi connectivity index (χ3v) is 5.40. The van der Waals surface area contributed by atoms with Crippen molar-refractivity contribution >= 4 is 28.6 Å². The maximum atomic E-state index is 13.4. The number of rotatable bonds is 8. The monoisotopic (exact) mass is 468 g/mol. The Bertz CT molecular complexity index is 1270. The average molecular weight is 469 g/mol. The number of oxazole rings is 1. The number of halogens is 2. The second kappa shape index (κ2) is 9.92. The number of ether oxygens (including phenoxy) is 2. The van der Waals surface area contributed by atoms with Crippen LogP contribution in [-0.2, 0) is 24.3 Å². The van der Waals surface area contributed by atoms with Crippen LogP contribution in [0.4, 0.5) is 4.39 Å². The molecule has 0 saturated carbocycles. The summed E-state index contributed by atoms with van der Waals surface area (Å²) >= 11 is 6.04. The van der Waals surface area contributed by atoms with Crippen LogP contribution in [0.5, 0.6) is 11.5 Å². The highest BCUT2D eigenvalue weighted by Gasteiger charge is 2.19. The second-order valence-electron chi connectivity index (χ2n) is 7.46. The van der Waals surface area contributed by atoms with Gasteiger partial charge in [0.05, 0.1) is 27.2 Å². The molecule has 0 bridgehead atoms.